The van der Waals surface area contributed by atoms with Crippen LogP contribution in [-0.4, -0.2) is 4.98 Å². The lowest BCUT2D eigenvalue weighted by molar-refractivity contribution is 0.146. The second-order valence-corrected chi connectivity index (χ2v) is 4.67. The summed E-state index contributed by atoms with van der Waals surface area (Å²) in [6, 6.07) is 4.91. The van der Waals surface area contributed by atoms with Crippen LogP contribution >= 0.6 is 15.9 Å². The van der Waals surface area contributed by atoms with Crippen molar-refractivity contribution in [3.05, 3.63) is 33.9 Å². The average Bonchev–Trinajstić information content (AvgIpc) is 2.28. The van der Waals surface area contributed by atoms with Crippen molar-refractivity contribution >= 4 is 32.5 Å². The van der Waals surface area contributed by atoms with Crippen LogP contribution in [0.15, 0.2) is 22.7 Å². The van der Waals surface area contributed by atoms with Crippen LogP contribution in [0.3, 0.4) is 0 Å². The number of nitrogens with zero attached hydrogens (tertiary/aromatic N) is 1. The number of aryl methyl sites for hydroxylation is 1. The van der Waals surface area contributed by atoms with E-state index in [0.29, 0.717) is 16.6 Å². The van der Waals surface area contributed by atoms with Crippen LogP contribution in [0, 0.1) is 0 Å². The van der Waals surface area contributed by atoms with E-state index in [1.165, 1.54) is 6.07 Å². The third-order valence-corrected chi connectivity index (χ3v) is 3.07. The van der Waals surface area contributed by atoms with Gasteiger partial charge in [0.15, 0.2) is 0 Å². The van der Waals surface area contributed by atoms with Crippen LogP contribution in [0.4, 0.5) is 14.5 Å². The molecule has 0 unspecified atom stereocenters. The summed E-state index contributed by atoms with van der Waals surface area (Å²) in [5.41, 5.74) is 7.32. The van der Waals surface area contributed by atoms with E-state index in [4.69, 9.17) is 5.73 Å². The number of halogens is 3. The molecule has 0 atom stereocenters. The van der Waals surface area contributed by atoms with Crippen LogP contribution in [0.1, 0.15) is 24.6 Å². The molecule has 2 N–H and O–H groups in total. The van der Waals surface area contributed by atoms with E-state index >= 15 is 0 Å². The molecule has 0 saturated carbocycles. The molecule has 2 nitrogen and oxygen atoms in total. The number of fused-ring (bicyclic) bond motifs is 1. The van der Waals surface area contributed by atoms with E-state index in [9.17, 15) is 8.78 Å². The van der Waals surface area contributed by atoms with Gasteiger partial charge in [-0.3, -0.25) is 0 Å². The predicted octanol–water partition coefficient (Wildman–Crippen LogP) is 4.08. The Morgan fingerprint density at radius 3 is 2.65 bits per heavy atom. The summed E-state index contributed by atoms with van der Waals surface area (Å²) >= 11 is 3.37. The lowest BCUT2D eigenvalue weighted by Gasteiger charge is -2.09. The minimum Gasteiger partial charge on any atom is -0.398 e. The highest BCUT2D eigenvalue weighted by atomic mass is 79.9. The minimum atomic E-state index is -2.60. The first-order valence-corrected chi connectivity index (χ1v) is 5.99. The van der Waals surface area contributed by atoms with E-state index in [0.717, 1.165) is 16.5 Å². The monoisotopic (exact) mass is 300 g/mol. The van der Waals surface area contributed by atoms with Gasteiger partial charge in [-0.15, -0.1) is 0 Å². The van der Waals surface area contributed by atoms with Crippen LogP contribution in [0.5, 0.6) is 0 Å². The first-order valence-electron chi connectivity index (χ1n) is 5.19. The van der Waals surface area contributed by atoms with Gasteiger partial charge in [0.25, 0.3) is 6.43 Å². The van der Waals surface area contributed by atoms with Crippen LogP contribution in [-0.2, 0) is 6.42 Å². The summed E-state index contributed by atoms with van der Waals surface area (Å²) in [6.45, 7) is 1.95. The van der Waals surface area contributed by atoms with Crippen molar-refractivity contribution in [1.29, 1.82) is 0 Å². The highest BCUT2D eigenvalue weighted by molar-refractivity contribution is 9.10. The van der Waals surface area contributed by atoms with Crippen molar-refractivity contribution in [3.63, 3.8) is 0 Å². The zero-order valence-electron chi connectivity index (χ0n) is 9.17. The standard InChI is InChI=1S/C12H11BrF2N2/c1-2-6-3-7(13)4-8-9(16)5-10(12(14)15)17-11(6)8/h3-5,12H,2H2,1H3,(H2,16,17). The molecule has 1 heterocycles. The molecule has 2 rings (SSSR count). The van der Waals surface area contributed by atoms with E-state index in [-0.39, 0.29) is 5.69 Å². The van der Waals surface area contributed by atoms with Crippen molar-refractivity contribution in [2.75, 3.05) is 5.73 Å². The van der Waals surface area contributed by atoms with Gasteiger partial charge in [-0.2, -0.15) is 0 Å². The molecular formula is C12H11BrF2N2. The number of alkyl halides is 2. The number of rotatable bonds is 2. The highest BCUT2D eigenvalue weighted by Gasteiger charge is 2.14. The maximum Gasteiger partial charge on any atom is 0.280 e. The molecule has 0 aliphatic carbocycles. The molecule has 0 saturated heterocycles. The van der Waals surface area contributed by atoms with E-state index in [1.807, 2.05) is 13.0 Å². The lowest BCUT2D eigenvalue weighted by atomic mass is 10.1. The van der Waals surface area contributed by atoms with Crippen LogP contribution in [0.2, 0.25) is 0 Å². The Balaban J connectivity index is 2.81. The molecule has 0 bridgehead atoms. The summed E-state index contributed by atoms with van der Waals surface area (Å²) in [4.78, 5) is 4.00. The quantitative estimate of drug-likeness (QED) is 0.907. The summed E-state index contributed by atoms with van der Waals surface area (Å²) in [5.74, 6) is 0. The van der Waals surface area contributed by atoms with Gasteiger partial charge >= 0.3 is 0 Å². The van der Waals surface area contributed by atoms with Gasteiger partial charge in [-0.05, 0) is 30.2 Å². The van der Waals surface area contributed by atoms with Crippen LogP contribution in [0.25, 0.3) is 10.9 Å². The predicted molar refractivity (Wildman–Crippen MR) is 68.2 cm³/mol. The molecule has 2 aromatic rings. The zero-order chi connectivity index (χ0) is 12.6. The molecule has 0 aliphatic heterocycles. The third-order valence-electron chi connectivity index (χ3n) is 2.61. The lowest BCUT2D eigenvalue weighted by Crippen LogP contribution is -1.98. The molecule has 0 spiro atoms. The fourth-order valence-electron chi connectivity index (χ4n) is 1.79. The van der Waals surface area contributed by atoms with Crippen molar-refractivity contribution in [1.82, 2.24) is 4.98 Å². The van der Waals surface area contributed by atoms with Gasteiger partial charge in [0, 0.05) is 15.5 Å². The van der Waals surface area contributed by atoms with Crippen molar-refractivity contribution in [2.45, 2.75) is 19.8 Å². The molecule has 0 fully saturated rings. The number of nitrogens with two attached hydrogens (primary N) is 1. The fraction of sp³-hybridized carbons (Fsp3) is 0.250. The molecule has 0 amide bonds. The van der Waals surface area contributed by atoms with E-state index < -0.39 is 6.43 Å². The van der Waals surface area contributed by atoms with E-state index in [1.54, 1.807) is 6.07 Å². The second-order valence-electron chi connectivity index (χ2n) is 3.75. The van der Waals surface area contributed by atoms with Gasteiger partial charge in [0.1, 0.15) is 5.69 Å². The third kappa shape index (κ3) is 2.24. The van der Waals surface area contributed by atoms with Gasteiger partial charge < -0.3 is 5.73 Å². The number of anilines is 1. The first kappa shape index (κ1) is 12.2. The number of benzene rings is 1. The normalized spacial score (nSPS) is 11.4. The van der Waals surface area contributed by atoms with Crippen LogP contribution < -0.4 is 5.73 Å². The second kappa shape index (κ2) is 4.56. The van der Waals surface area contributed by atoms with Gasteiger partial charge in [0.05, 0.1) is 5.52 Å². The van der Waals surface area contributed by atoms with Crippen molar-refractivity contribution in [3.8, 4) is 0 Å². The SMILES string of the molecule is CCc1cc(Br)cc2c(N)cc(C(F)F)nc12. The number of aromatic nitrogens is 1. The maximum absolute atomic E-state index is 12.7. The van der Waals surface area contributed by atoms with E-state index in [2.05, 4.69) is 20.9 Å². The van der Waals surface area contributed by atoms with Gasteiger partial charge in [-0.25, -0.2) is 13.8 Å². The number of nitrogen functional groups attached to an aromatic ring is 1. The summed E-state index contributed by atoms with van der Waals surface area (Å²) in [5, 5.41) is 0.709. The summed E-state index contributed by atoms with van der Waals surface area (Å²) in [7, 11) is 0. The van der Waals surface area contributed by atoms with Crippen molar-refractivity contribution in [2.24, 2.45) is 0 Å². The zero-order valence-corrected chi connectivity index (χ0v) is 10.8. The Labute approximate surface area is 106 Å². The molecule has 90 valence electrons. The Morgan fingerprint density at radius 1 is 1.35 bits per heavy atom. The molecule has 1 aromatic carbocycles. The Hall–Kier alpha value is -1.23. The molecule has 17 heavy (non-hydrogen) atoms. The number of pyridine rings is 1. The highest BCUT2D eigenvalue weighted by Crippen LogP contribution is 2.30. The smallest absolute Gasteiger partial charge is 0.280 e. The first-order chi connectivity index (χ1) is 8.02. The molecule has 5 heteroatoms. The molecule has 0 radical (unpaired) electrons. The molecule has 0 aliphatic rings. The Morgan fingerprint density at radius 2 is 2.06 bits per heavy atom. The maximum atomic E-state index is 12.7. The molecule has 1 aromatic heterocycles. The Kier molecular flexibility index (Phi) is 3.28. The summed E-state index contributed by atoms with van der Waals surface area (Å²) < 4.78 is 26.2. The van der Waals surface area contributed by atoms with Gasteiger partial charge in [0.2, 0.25) is 0 Å². The van der Waals surface area contributed by atoms with Crippen molar-refractivity contribution < 1.29 is 8.78 Å². The number of hydrogen-bond acceptors (Lipinski definition) is 2. The average molecular weight is 301 g/mol. The fourth-order valence-corrected chi connectivity index (χ4v) is 2.29. The number of hydrogen-bond donors (Lipinski definition) is 1. The largest absolute Gasteiger partial charge is 0.398 e. The molecular weight excluding hydrogens is 290 g/mol. The van der Waals surface area contributed by atoms with Gasteiger partial charge in [-0.1, -0.05) is 22.9 Å². The topological polar surface area (TPSA) is 38.9 Å². The Bertz CT molecular complexity index is 570. The minimum absolute atomic E-state index is 0.271. The summed E-state index contributed by atoms with van der Waals surface area (Å²) in [6.07, 6.45) is -1.88.